The van der Waals surface area contributed by atoms with E-state index in [9.17, 15) is 14.4 Å². The molecule has 0 aliphatic carbocycles. The molecule has 4 aliphatic rings. The van der Waals surface area contributed by atoms with Gasteiger partial charge in [-0.15, -0.1) is 0 Å². The van der Waals surface area contributed by atoms with Crippen LogP contribution in [0, 0.1) is 17.8 Å². The molecule has 0 saturated carbocycles. The Balaban J connectivity index is 1.48. The first-order valence-electron chi connectivity index (χ1n) is 9.60. The van der Waals surface area contributed by atoms with Gasteiger partial charge in [0.05, 0.1) is 24.5 Å². The first-order chi connectivity index (χ1) is 12.4. The molecule has 0 aromatic rings. The van der Waals surface area contributed by atoms with Crippen LogP contribution in [0.5, 0.6) is 0 Å². The summed E-state index contributed by atoms with van der Waals surface area (Å²) in [7, 11) is 0. The van der Waals surface area contributed by atoms with E-state index in [4.69, 9.17) is 4.74 Å². The van der Waals surface area contributed by atoms with Gasteiger partial charge in [0.2, 0.25) is 17.7 Å². The molecule has 7 heteroatoms. The number of nitrogens with one attached hydrogen (secondary N) is 1. The molecule has 4 atom stereocenters. The molecule has 0 radical (unpaired) electrons. The van der Waals surface area contributed by atoms with Crippen molar-refractivity contribution in [2.45, 2.75) is 38.4 Å². The van der Waals surface area contributed by atoms with Crippen LogP contribution in [0.1, 0.15) is 26.7 Å². The highest BCUT2D eigenvalue weighted by molar-refractivity contribution is 5.93. The molecule has 3 fully saturated rings. The van der Waals surface area contributed by atoms with Gasteiger partial charge in [-0.05, 0) is 18.8 Å². The Labute approximate surface area is 153 Å². The van der Waals surface area contributed by atoms with Gasteiger partial charge in [0.25, 0.3) is 0 Å². The molecule has 26 heavy (non-hydrogen) atoms. The number of hydrogen-bond donors (Lipinski definition) is 1. The van der Waals surface area contributed by atoms with Gasteiger partial charge in [-0.25, -0.2) is 0 Å². The number of hydrogen-bond acceptors (Lipinski definition) is 4. The minimum atomic E-state index is -0.665. The summed E-state index contributed by atoms with van der Waals surface area (Å²) in [5.74, 6) is -0.257. The Morgan fingerprint density at radius 1 is 1.35 bits per heavy atom. The molecular weight excluding hydrogens is 334 g/mol. The van der Waals surface area contributed by atoms with E-state index in [1.807, 2.05) is 17.1 Å². The molecule has 4 aliphatic heterocycles. The Morgan fingerprint density at radius 2 is 2.08 bits per heavy atom. The summed E-state index contributed by atoms with van der Waals surface area (Å²) in [6.45, 7) is 6.54. The third-order valence-corrected chi connectivity index (χ3v) is 6.31. The van der Waals surface area contributed by atoms with Gasteiger partial charge in [-0.1, -0.05) is 19.1 Å². The van der Waals surface area contributed by atoms with Gasteiger partial charge in [0.1, 0.15) is 5.60 Å². The van der Waals surface area contributed by atoms with Crippen molar-refractivity contribution < 1.29 is 19.1 Å². The lowest BCUT2D eigenvalue weighted by atomic mass is 9.76. The van der Waals surface area contributed by atoms with Crippen LogP contribution in [0.15, 0.2) is 12.2 Å². The Kier molecular flexibility index (Phi) is 4.29. The number of nitrogens with zero attached hydrogens (tertiary/aromatic N) is 2. The zero-order chi connectivity index (χ0) is 18.5. The summed E-state index contributed by atoms with van der Waals surface area (Å²) >= 11 is 0. The van der Waals surface area contributed by atoms with Gasteiger partial charge >= 0.3 is 0 Å². The van der Waals surface area contributed by atoms with Crippen molar-refractivity contribution in [2.24, 2.45) is 17.8 Å². The van der Waals surface area contributed by atoms with Crippen molar-refractivity contribution in [1.82, 2.24) is 15.1 Å². The smallest absolute Gasteiger partial charge is 0.230 e. The Bertz CT molecular complexity index is 655. The van der Waals surface area contributed by atoms with E-state index >= 15 is 0 Å². The van der Waals surface area contributed by atoms with E-state index < -0.39 is 17.4 Å². The number of fused-ring (bicyclic) bond motifs is 1. The zero-order valence-electron chi connectivity index (χ0n) is 15.4. The van der Waals surface area contributed by atoms with Crippen molar-refractivity contribution in [3.05, 3.63) is 12.2 Å². The van der Waals surface area contributed by atoms with Crippen LogP contribution in [0.3, 0.4) is 0 Å². The van der Waals surface area contributed by atoms with Crippen LogP contribution in [0.2, 0.25) is 0 Å². The number of rotatable bonds is 4. The van der Waals surface area contributed by atoms with Crippen LogP contribution >= 0.6 is 0 Å². The number of amides is 3. The molecule has 7 nitrogen and oxygen atoms in total. The average Bonchev–Trinajstić information content (AvgIpc) is 3.23. The molecule has 4 rings (SSSR count). The molecule has 142 valence electrons. The van der Waals surface area contributed by atoms with Gasteiger partial charge in [-0.2, -0.15) is 0 Å². The summed E-state index contributed by atoms with van der Waals surface area (Å²) in [6, 6.07) is 0. The fourth-order valence-electron chi connectivity index (χ4n) is 4.86. The quantitative estimate of drug-likeness (QED) is 0.724. The van der Waals surface area contributed by atoms with E-state index in [1.54, 1.807) is 4.90 Å². The topological polar surface area (TPSA) is 79.0 Å². The van der Waals surface area contributed by atoms with Gasteiger partial charge in [-0.3, -0.25) is 14.4 Å². The minimum Gasteiger partial charge on any atom is -0.360 e. The van der Waals surface area contributed by atoms with E-state index in [2.05, 4.69) is 12.2 Å². The van der Waals surface area contributed by atoms with Crippen molar-refractivity contribution in [1.29, 1.82) is 0 Å². The monoisotopic (exact) mass is 361 g/mol. The second kappa shape index (κ2) is 6.37. The SMILES string of the molecule is CC(=O)NCCN1C[C@]23C=C[C@H](O2)C(C(=O)N2CCC(C)CC2)C3C1=O. The fourth-order valence-corrected chi connectivity index (χ4v) is 4.86. The van der Waals surface area contributed by atoms with Crippen molar-refractivity contribution in [2.75, 3.05) is 32.7 Å². The average molecular weight is 361 g/mol. The summed E-state index contributed by atoms with van der Waals surface area (Å²) in [5.41, 5.74) is -0.665. The van der Waals surface area contributed by atoms with E-state index in [0.717, 1.165) is 25.9 Å². The molecule has 2 unspecified atom stereocenters. The molecular formula is C19H27N3O4. The summed E-state index contributed by atoms with van der Waals surface area (Å²) in [4.78, 5) is 40.9. The minimum absolute atomic E-state index is 0.0223. The molecule has 4 heterocycles. The zero-order valence-corrected chi connectivity index (χ0v) is 15.4. The number of piperidine rings is 1. The van der Waals surface area contributed by atoms with Crippen LogP contribution < -0.4 is 5.32 Å². The maximum atomic E-state index is 13.2. The molecule has 1 N–H and O–H groups in total. The largest absolute Gasteiger partial charge is 0.360 e. The highest BCUT2D eigenvalue weighted by Crippen LogP contribution is 2.52. The lowest BCUT2D eigenvalue weighted by Crippen LogP contribution is -2.48. The number of carbonyl (C=O) groups excluding carboxylic acids is 3. The molecule has 3 amide bonds. The Hall–Kier alpha value is -1.89. The first kappa shape index (κ1) is 17.5. The van der Waals surface area contributed by atoms with Crippen molar-refractivity contribution in [3.8, 4) is 0 Å². The van der Waals surface area contributed by atoms with E-state index in [-0.39, 0.29) is 23.8 Å². The third kappa shape index (κ3) is 2.73. The van der Waals surface area contributed by atoms with Crippen LogP contribution in [-0.4, -0.2) is 72.0 Å². The van der Waals surface area contributed by atoms with Gasteiger partial charge in [0.15, 0.2) is 0 Å². The normalized spacial score (nSPS) is 35.9. The Morgan fingerprint density at radius 3 is 2.77 bits per heavy atom. The number of ether oxygens (including phenoxy) is 1. The maximum Gasteiger partial charge on any atom is 0.230 e. The predicted octanol–water partition coefficient (Wildman–Crippen LogP) is 0.163. The van der Waals surface area contributed by atoms with Crippen molar-refractivity contribution >= 4 is 17.7 Å². The van der Waals surface area contributed by atoms with Crippen LogP contribution in [-0.2, 0) is 19.1 Å². The first-order valence-corrected chi connectivity index (χ1v) is 9.60. The summed E-state index contributed by atoms with van der Waals surface area (Å²) in [5, 5.41) is 2.72. The third-order valence-electron chi connectivity index (χ3n) is 6.31. The highest BCUT2D eigenvalue weighted by Gasteiger charge is 2.67. The van der Waals surface area contributed by atoms with E-state index in [0.29, 0.717) is 25.6 Å². The number of likely N-dealkylation sites (tertiary alicyclic amines) is 2. The maximum absolute atomic E-state index is 13.2. The van der Waals surface area contributed by atoms with Gasteiger partial charge in [0, 0.05) is 33.1 Å². The molecule has 3 saturated heterocycles. The number of carbonyl (C=O) groups is 3. The second-order valence-corrected chi connectivity index (χ2v) is 8.15. The lowest BCUT2D eigenvalue weighted by Gasteiger charge is -2.34. The second-order valence-electron chi connectivity index (χ2n) is 8.15. The van der Waals surface area contributed by atoms with Crippen LogP contribution in [0.25, 0.3) is 0 Å². The van der Waals surface area contributed by atoms with Gasteiger partial charge < -0.3 is 19.9 Å². The predicted molar refractivity (Wildman–Crippen MR) is 94.0 cm³/mol. The molecule has 2 bridgehead atoms. The molecule has 0 aromatic heterocycles. The van der Waals surface area contributed by atoms with Crippen molar-refractivity contribution in [3.63, 3.8) is 0 Å². The molecule has 0 aromatic carbocycles. The van der Waals surface area contributed by atoms with Crippen LogP contribution in [0.4, 0.5) is 0 Å². The summed E-state index contributed by atoms with van der Waals surface area (Å²) < 4.78 is 6.15. The molecule has 1 spiro atoms. The fraction of sp³-hybridized carbons (Fsp3) is 0.737. The van der Waals surface area contributed by atoms with E-state index in [1.165, 1.54) is 6.92 Å². The standard InChI is InChI=1S/C19H27N3O4/c1-12-4-8-21(9-5-12)17(24)15-14-3-6-19(26-14)11-22(18(25)16(15)19)10-7-20-13(2)23/h3,6,12,14-16H,4-5,7-11H2,1-2H3,(H,20,23)/t14-,15?,16?,19-/m0/s1. The highest BCUT2D eigenvalue weighted by atomic mass is 16.5. The lowest BCUT2D eigenvalue weighted by molar-refractivity contribution is -0.144. The summed E-state index contributed by atoms with van der Waals surface area (Å²) in [6.07, 6.45) is 5.68.